The summed E-state index contributed by atoms with van der Waals surface area (Å²) in [6, 6.07) is 24.4. The zero-order valence-corrected chi connectivity index (χ0v) is 15.4. The maximum Gasteiger partial charge on any atom is 0.00559 e. The van der Waals surface area contributed by atoms with Gasteiger partial charge in [-0.05, 0) is 65.3 Å². The van der Waals surface area contributed by atoms with Gasteiger partial charge in [-0.2, -0.15) is 0 Å². The Kier molecular flexibility index (Phi) is 4.58. The van der Waals surface area contributed by atoms with Gasteiger partial charge in [0.05, 0.1) is 0 Å². The van der Waals surface area contributed by atoms with Crippen molar-refractivity contribution in [3.8, 4) is 22.3 Å². The van der Waals surface area contributed by atoms with Crippen molar-refractivity contribution in [3.63, 3.8) is 0 Å². The van der Waals surface area contributed by atoms with Crippen LogP contribution in [0.3, 0.4) is 0 Å². The Balaban J connectivity index is 1.79. The van der Waals surface area contributed by atoms with Gasteiger partial charge in [0, 0.05) is 5.92 Å². The topological polar surface area (TPSA) is 0 Å². The van der Waals surface area contributed by atoms with Crippen molar-refractivity contribution >= 4 is 0 Å². The lowest BCUT2D eigenvalue weighted by molar-refractivity contribution is 0.853. The predicted molar refractivity (Wildman–Crippen MR) is 112 cm³/mol. The molecule has 0 saturated heterocycles. The quantitative estimate of drug-likeness (QED) is 0.473. The molecule has 1 atom stereocenters. The van der Waals surface area contributed by atoms with Crippen LogP contribution in [0, 0.1) is 13.8 Å². The first kappa shape index (κ1) is 16.6. The Hall–Kier alpha value is -2.86. The second kappa shape index (κ2) is 7.17. The molecule has 3 aromatic rings. The van der Waals surface area contributed by atoms with Crippen LogP contribution < -0.4 is 0 Å². The highest BCUT2D eigenvalue weighted by atomic mass is 14.2. The van der Waals surface area contributed by atoms with Gasteiger partial charge in [0.1, 0.15) is 0 Å². The van der Waals surface area contributed by atoms with Crippen LogP contribution in [-0.4, -0.2) is 0 Å². The van der Waals surface area contributed by atoms with E-state index in [1.54, 1.807) is 0 Å². The highest BCUT2D eigenvalue weighted by Gasteiger charge is 2.13. The van der Waals surface area contributed by atoms with E-state index in [-0.39, 0.29) is 0 Å². The van der Waals surface area contributed by atoms with Gasteiger partial charge in [-0.25, -0.2) is 0 Å². The third kappa shape index (κ3) is 3.28. The number of allylic oxidation sites excluding steroid dienone is 4. The van der Waals surface area contributed by atoms with Gasteiger partial charge in [-0.1, -0.05) is 85.0 Å². The Morgan fingerprint density at radius 2 is 1.42 bits per heavy atom. The molecular formula is C26H24. The Morgan fingerprint density at radius 1 is 0.692 bits per heavy atom. The second-order valence-corrected chi connectivity index (χ2v) is 7.13. The van der Waals surface area contributed by atoms with E-state index in [4.69, 9.17) is 0 Å². The summed E-state index contributed by atoms with van der Waals surface area (Å²) in [5.74, 6) is 0.483. The largest absolute Gasteiger partial charge is 0.0836 e. The maximum atomic E-state index is 2.39. The Morgan fingerprint density at radius 3 is 2.15 bits per heavy atom. The van der Waals surface area contributed by atoms with E-state index in [1.807, 2.05) is 0 Å². The lowest BCUT2D eigenvalue weighted by atomic mass is 9.87. The molecule has 1 aliphatic rings. The van der Waals surface area contributed by atoms with Gasteiger partial charge in [0.2, 0.25) is 0 Å². The Labute approximate surface area is 156 Å². The fourth-order valence-electron chi connectivity index (χ4n) is 3.71. The van der Waals surface area contributed by atoms with Gasteiger partial charge in [-0.3, -0.25) is 0 Å². The molecule has 128 valence electrons. The first-order valence-electron chi connectivity index (χ1n) is 9.33. The first-order chi connectivity index (χ1) is 12.7. The molecule has 1 aliphatic carbocycles. The molecule has 3 aromatic carbocycles. The van der Waals surface area contributed by atoms with Gasteiger partial charge in [0.25, 0.3) is 0 Å². The maximum absolute atomic E-state index is 2.39. The third-order valence-electron chi connectivity index (χ3n) is 5.31. The van der Waals surface area contributed by atoms with Crippen LogP contribution in [-0.2, 0) is 0 Å². The molecule has 0 spiro atoms. The molecule has 0 amide bonds. The summed E-state index contributed by atoms with van der Waals surface area (Å²) in [6.07, 6.45) is 9.95. The fraction of sp³-hybridized carbons (Fsp3) is 0.154. The molecule has 0 heterocycles. The zero-order valence-electron chi connectivity index (χ0n) is 15.4. The summed E-state index contributed by atoms with van der Waals surface area (Å²) in [5.41, 5.74) is 9.28. The smallest absolute Gasteiger partial charge is 0.00559 e. The first-order valence-corrected chi connectivity index (χ1v) is 9.33. The summed E-state index contributed by atoms with van der Waals surface area (Å²) in [4.78, 5) is 0. The van der Waals surface area contributed by atoms with E-state index in [0.717, 1.165) is 6.42 Å². The molecule has 0 bridgehead atoms. The van der Waals surface area contributed by atoms with E-state index < -0.39 is 0 Å². The molecule has 0 aromatic heterocycles. The summed E-state index contributed by atoms with van der Waals surface area (Å²) in [7, 11) is 0. The highest BCUT2D eigenvalue weighted by molar-refractivity contribution is 5.77. The number of rotatable bonds is 3. The van der Waals surface area contributed by atoms with Crippen LogP contribution in [0.5, 0.6) is 0 Å². The minimum atomic E-state index is 0.483. The molecule has 0 N–H and O–H groups in total. The molecule has 1 unspecified atom stereocenters. The minimum Gasteiger partial charge on any atom is -0.0836 e. The molecule has 4 rings (SSSR count). The average molecular weight is 336 g/mol. The van der Waals surface area contributed by atoms with Crippen LogP contribution in [0.15, 0.2) is 91.0 Å². The van der Waals surface area contributed by atoms with Crippen LogP contribution in [0.4, 0.5) is 0 Å². The van der Waals surface area contributed by atoms with Crippen LogP contribution in [0.1, 0.15) is 29.0 Å². The van der Waals surface area contributed by atoms with E-state index in [9.17, 15) is 0 Å². The standard InChI is InChI=1S/C26H24/c1-19-13-15-23(21-9-5-3-6-10-21)17-25(19)26-18-24(16-14-20(26)2)22-11-7-4-8-12-22/h3-11,13-18,22H,12H2,1-2H3. The van der Waals surface area contributed by atoms with Crippen molar-refractivity contribution < 1.29 is 0 Å². The lowest BCUT2D eigenvalue weighted by Gasteiger charge is -2.18. The van der Waals surface area contributed by atoms with Crippen molar-refractivity contribution in [3.05, 3.63) is 108 Å². The van der Waals surface area contributed by atoms with Crippen molar-refractivity contribution in [2.75, 3.05) is 0 Å². The van der Waals surface area contributed by atoms with Gasteiger partial charge in [-0.15, -0.1) is 0 Å². The van der Waals surface area contributed by atoms with Crippen LogP contribution in [0.25, 0.3) is 22.3 Å². The highest BCUT2D eigenvalue weighted by Crippen LogP contribution is 2.34. The van der Waals surface area contributed by atoms with Crippen molar-refractivity contribution in [2.24, 2.45) is 0 Å². The number of benzene rings is 3. The van der Waals surface area contributed by atoms with Crippen molar-refractivity contribution in [2.45, 2.75) is 26.2 Å². The summed E-state index contributed by atoms with van der Waals surface area (Å²) in [5, 5.41) is 0. The summed E-state index contributed by atoms with van der Waals surface area (Å²) < 4.78 is 0. The van der Waals surface area contributed by atoms with E-state index in [2.05, 4.69) is 105 Å². The molecular weight excluding hydrogens is 312 g/mol. The molecule has 0 aliphatic heterocycles. The zero-order chi connectivity index (χ0) is 17.9. The summed E-state index contributed by atoms with van der Waals surface area (Å²) >= 11 is 0. The fourth-order valence-corrected chi connectivity index (χ4v) is 3.71. The van der Waals surface area contributed by atoms with Gasteiger partial charge < -0.3 is 0 Å². The molecule has 0 nitrogen and oxygen atoms in total. The number of aryl methyl sites for hydroxylation is 2. The molecule has 0 fully saturated rings. The van der Waals surface area contributed by atoms with E-state index in [0.29, 0.717) is 5.92 Å². The van der Waals surface area contributed by atoms with Gasteiger partial charge in [0.15, 0.2) is 0 Å². The predicted octanol–water partition coefficient (Wildman–Crippen LogP) is 7.24. The van der Waals surface area contributed by atoms with E-state index in [1.165, 1.54) is 38.9 Å². The average Bonchev–Trinajstić information content (AvgIpc) is 2.70. The third-order valence-corrected chi connectivity index (χ3v) is 5.31. The van der Waals surface area contributed by atoms with Crippen molar-refractivity contribution in [1.82, 2.24) is 0 Å². The normalized spacial score (nSPS) is 16.0. The number of hydrogen-bond donors (Lipinski definition) is 0. The monoisotopic (exact) mass is 336 g/mol. The molecule has 26 heavy (non-hydrogen) atoms. The molecule has 0 saturated carbocycles. The SMILES string of the molecule is Cc1ccc(-c2ccccc2)cc1-c1cc(C2C=CC=CC2)ccc1C. The lowest BCUT2D eigenvalue weighted by Crippen LogP contribution is -1.98. The van der Waals surface area contributed by atoms with E-state index >= 15 is 0 Å². The second-order valence-electron chi connectivity index (χ2n) is 7.13. The Bertz CT molecular complexity index is 974. The minimum absolute atomic E-state index is 0.483. The van der Waals surface area contributed by atoms with Gasteiger partial charge >= 0.3 is 0 Å². The van der Waals surface area contributed by atoms with Crippen LogP contribution in [0.2, 0.25) is 0 Å². The number of hydrogen-bond acceptors (Lipinski definition) is 0. The molecule has 0 radical (unpaired) electrons. The summed E-state index contributed by atoms with van der Waals surface area (Å²) in [6.45, 7) is 4.42. The van der Waals surface area contributed by atoms with Crippen LogP contribution >= 0.6 is 0 Å². The van der Waals surface area contributed by atoms with Crippen molar-refractivity contribution in [1.29, 1.82) is 0 Å². The molecule has 0 heteroatoms.